The maximum Gasteiger partial charge on any atom is 0.435 e. The van der Waals surface area contributed by atoms with Crippen molar-refractivity contribution in [2.24, 2.45) is 10.7 Å². The quantitative estimate of drug-likeness (QED) is 0.116. The maximum absolute atomic E-state index is 13.7. The fourth-order valence-corrected chi connectivity index (χ4v) is 6.33. The summed E-state index contributed by atoms with van der Waals surface area (Å²) in [5, 5.41) is 4.25. The van der Waals surface area contributed by atoms with E-state index in [0.717, 1.165) is 27.4 Å². The molecule has 1 aliphatic rings. The van der Waals surface area contributed by atoms with Crippen molar-refractivity contribution in [1.29, 1.82) is 0 Å². The van der Waals surface area contributed by atoms with Gasteiger partial charge < -0.3 is 5.73 Å². The van der Waals surface area contributed by atoms with E-state index in [-0.39, 0.29) is 22.8 Å². The van der Waals surface area contributed by atoms with E-state index in [9.17, 15) is 26.1 Å². The lowest BCUT2D eigenvalue weighted by molar-refractivity contribution is -0.141. The fraction of sp³-hybridized carbons (Fsp3) is 0.0968. The summed E-state index contributed by atoms with van der Waals surface area (Å²) in [4.78, 5) is 3.93. The van der Waals surface area contributed by atoms with Gasteiger partial charge in [0, 0.05) is 22.6 Å². The van der Waals surface area contributed by atoms with Crippen LogP contribution >= 0.6 is 11.6 Å². The number of hydrogen-bond donors (Lipinski definition) is 2. The Hall–Kier alpha value is -4.45. The van der Waals surface area contributed by atoms with E-state index in [0.29, 0.717) is 33.8 Å². The molecule has 1 heterocycles. The third kappa shape index (κ3) is 5.31. The molecule has 218 valence electrons. The number of aliphatic imine (C=N–C) groups is 1. The normalized spacial score (nSPS) is 13.2. The van der Waals surface area contributed by atoms with Crippen molar-refractivity contribution in [3.8, 4) is 39.2 Å². The highest BCUT2D eigenvalue weighted by atomic mass is 35.5. The molecule has 3 N–H and O–H groups in total. The van der Waals surface area contributed by atoms with Gasteiger partial charge >= 0.3 is 6.18 Å². The van der Waals surface area contributed by atoms with Gasteiger partial charge in [0.1, 0.15) is 4.90 Å². The molecular formula is C31H22ClF3N4O3S. The number of nitrogens with two attached hydrogens (primary N) is 1. The van der Waals surface area contributed by atoms with Gasteiger partial charge in [-0.1, -0.05) is 60.1 Å². The molecule has 1 aliphatic carbocycles. The number of rotatable bonds is 5. The molecule has 0 aliphatic heterocycles. The van der Waals surface area contributed by atoms with E-state index in [1.807, 2.05) is 24.3 Å². The predicted molar refractivity (Wildman–Crippen MR) is 159 cm³/mol. The summed E-state index contributed by atoms with van der Waals surface area (Å²) in [6.07, 6.45) is -4.29. The average molecular weight is 623 g/mol. The summed E-state index contributed by atoms with van der Waals surface area (Å²) in [7, 11) is -4.80. The van der Waals surface area contributed by atoms with Gasteiger partial charge in [-0.25, -0.2) is 9.67 Å². The lowest BCUT2D eigenvalue weighted by Crippen LogP contribution is -2.08. The van der Waals surface area contributed by atoms with E-state index in [1.54, 1.807) is 42.5 Å². The Morgan fingerprint density at radius 1 is 0.953 bits per heavy atom. The van der Waals surface area contributed by atoms with Crippen molar-refractivity contribution < 1.29 is 26.1 Å². The number of halogens is 4. The number of alkyl halides is 3. The Balaban J connectivity index is 1.54. The van der Waals surface area contributed by atoms with Gasteiger partial charge in [-0.05, 0) is 71.1 Å². The van der Waals surface area contributed by atoms with Gasteiger partial charge in [-0.2, -0.15) is 26.7 Å². The Morgan fingerprint density at radius 3 is 2.23 bits per heavy atom. The molecule has 4 aromatic carbocycles. The van der Waals surface area contributed by atoms with Crippen LogP contribution in [0.15, 0.2) is 94.8 Å². The number of benzene rings is 4. The molecular weight excluding hydrogens is 601 g/mol. The molecule has 5 aromatic rings. The van der Waals surface area contributed by atoms with Crippen LogP contribution in [0.4, 0.5) is 18.9 Å². The zero-order chi connectivity index (χ0) is 30.7. The van der Waals surface area contributed by atoms with Crippen LogP contribution in [0.2, 0.25) is 5.02 Å². The summed E-state index contributed by atoms with van der Waals surface area (Å²) in [6, 6.07) is 22.7. The predicted octanol–water partition coefficient (Wildman–Crippen LogP) is 7.71. The fourth-order valence-electron chi connectivity index (χ4n) is 5.33. The first-order valence-corrected chi connectivity index (χ1v) is 14.7. The molecule has 12 heteroatoms. The van der Waals surface area contributed by atoms with Gasteiger partial charge in [-0.3, -0.25) is 4.55 Å². The zero-order valence-corrected chi connectivity index (χ0v) is 24.0. The van der Waals surface area contributed by atoms with Crippen molar-refractivity contribution in [2.45, 2.75) is 24.4 Å². The summed E-state index contributed by atoms with van der Waals surface area (Å²) < 4.78 is 78.2. The van der Waals surface area contributed by atoms with Crippen molar-refractivity contribution in [1.82, 2.24) is 9.78 Å². The monoisotopic (exact) mass is 622 g/mol. The summed E-state index contributed by atoms with van der Waals surface area (Å²) in [6.45, 7) is 1.52. The lowest BCUT2D eigenvalue weighted by atomic mass is 9.96. The summed E-state index contributed by atoms with van der Waals surface area (Å²) in [5.41, 5.74) is 9.55. The summed E-state index contributed by atoms with van der Waals surface area (Å²) in [5.74, 6) is 0.101. The highest BCUT2D eigenvalue weighted by Crippen LogP contribution is 2.48. The minimum absolute atomic E-state index is 0.0437. The SMILES string of the molecule is CC(N)=Nc1c2c(cc(-c3ccc(-n4nc(C(F)(F)F)cc4-c4ccc(Cl)cc4)cc3)c1S(=O)(=O)O)-c1ccccc1C2. The highest BCUT2D eigenvalue weighted by Gasteiger charge is 2.35. The first-order valence-electron chi connectivity index (χ1n) is 12.9. The van der Waals surface area contributed by atoms with Crippen molar-refractivity contribution in [3.05, 3.63) is 107 Å². The van der Waals surface area contributed by atoms with Gasteiger partial charge in [-0.15, -0.1) is 0 Å². The van der Waals surface area contributed by atoms with Crippen LogP contribution < -0.4 is 5.73 Å². The molecule has 0 radical (unpaired) electrons. The second kappa shape index (κ2) is 10.4. The Kier molecular flexibility index (Phi) is 6.91. The third-order valence-corrected chi connectivity index (χ3v) is 8.32. The van der Waals surface area contributed by atoms with Crippen molar-refractivity contribution >= 4 is 33.2 Å². The second-order valence-corrected chi connectivity index (χ2v) is 11.9. The molecule has 0 saturated carbocycles. The molecule has 0 amide bonds. The standard InChI is InChI=1S/C31H22ClF3N4O3S/c1-17(36)37-29-26-14-20-4-2-3-5-23(20)25(26)15-24(30(29)43(40,41)42)18-8-12-22(13-9-18)39-27(16-28(38-39)31(33,34)35)19-6-10-21(32)11-7-19/h2-13,15-16H,14H2,1H3,(H2,36,37)(H,40,41,42). The molecule has 0 bridgehead atoms. The molecule has 6 rings (SSSR count). The maximum atomic E-state index is 13.7. The average Bonchev–Trinajstić information content (AvgIpc) is 3.55. The smallest absolute Gasteiger partial charge is 0.387 e. The number of hydrogen-bond acceptors (Lipinski definition) is 4. The second-order valence-electron chi connectivity index (χ2n) is 10.1. The van der Waals surface area contributed by atoms with E-state index < -0.39 is 26.9 Å². The topological polar surface area (TPSA) is 111 Å². The van der Waals surface area contributed by atoms with Crippen LogP contribution in [-0.2, 0) is 22.7 Å². The minimum Gasteiger partial charge on any atom is -0.387 e. The number of fused-ring (bicyclic) bond motifs is 3. The molecule has 0 atom stereocenters. The van der Waals surface area contributed by atoms with Crippen LogP contribution in [0.1, 0.15) is 23.7 Å². The van der Waals surface area contributed by atoms with E-state index in [2.05, 4.69) is 10.1 Å². The third-order valence-electron chi connectivity index (χ3n) is 7.14. The number of aromatic nitrogens is 2. The first-order chi connectivity index (χ1) is 20.3. The van der Waals surface area contributed by atoms with Gasteiger partial charge in [0.05, 0.1) is 22.9 Å². The Morgan fingerprint density at radius 2 is 1.60 bits per heavy atom. The molecule has 0 spiro atoms. The van der Waals surface area contributed by atoms with Gasteiger partial charge in [0.25, 0.3) is 10.1 Å². The molecule has 0 saturated heterocycles. The van der Waals surface area contributed by atoms with Crippen LogP contribution in [0.3, 0.4) is 0 Å². The van der Waals surface area contributed by atoms with E-state index in [1.165, 1.54) is 19.1 Å². The van der Waals surface area contributed by atoms with Gasteiger partial charge in [0.15, 0.2) is 5.69 Å². The van der Waals surface area contributed by atoms with Crippen molar-refractivity contribution in [3.63, 3.8) is 0 Å². The van der Waals surface area contributed by atoms with E-state index in [4.69, 9.17) is 17.3 Å². The van der Waals surface area contributed by atoms with Crippen LogP contribution in [-0.4, -0.2) is 28.6 Å². The largest absolute Gasteiger partial charge is 0.435 e. The molecule has 0 unspecified atom stereocenters. The molecule has 43 heavy (non-hydrogen) atoms. The number of amidine groups is 1. The molecule has 0 fully saturated rings. The highest BCUT2D eigenvalue weighted by molar-refractivity contribution is 7.86. The zero-order valence-electron chi connectivity index (χ0n) is 22.4. The van der Waals surface area contributed by atoms with Crippen molar-refractivity contribution in [2.75, 3.05) is 0 Å². The lowest BCUT2D eigenvalue weighted by Gasteiger charge is -2.16. The van der Waals surface area contributed by atoms with Crippen LogP contribution in [0.5, 0.6) is 0 Å². The Bertz CT molecular complexity index is 2030. The Labute approximate surface area is 249 Å². The van der Waals surface area contributed by atoms with Crippen LogP contribution in [0, 0.1) is 0 Å². The van der Waals surface area contributed by atoms with Crippen LogP contribution in [0.25, 0.3) is 39.2 Å². The van der Waals surface area contributed by atoms with Gasteiger partial charge in [0.2, 0.25) is 0 Å². The first kappa shape index (κ1) is 28.7. The molecule has 1 aromatic heterocycles. The molecule has 7 nitrogen and oxygen atoms in total. The minimum atomic E-state index is -4.80. The number of nitrogens with zero attached hydrogens (tertiary/aromatic N) is 3. The summed E-state index contributed by atoms with van der Waals surface area (Å²) >= 11 is 5.98. The van der Waals surface area contributed by atoms with E-state index >= 15 is 0 Å².